The van der Waals surface area contributed by atoms with Gasteiger partial charge >= 0.3 is 18.0 Å². The summed E-state index contributed by atoms with van der Waals surface area (Å²) in [5.74, 6) is 0.0797. The number of para-hydroxylation sites is 1. The van der Waals surface area contributed by atoms with Crippen LogP contribution in [-0.4, -0.2) is 24.1 Å². The summed E-state index contributed by atoms with van der Waals surface area (Å²) in [6, 6.07) is 7.32. The van der Waals surface area contributed by atoms with E-state index in [4.69, 9.17) is 4.74 Å². The Morgan fingerprint density at radius 1 is 0.905 bits per heavy atom. The second-order valence-electron chi connectivity index (χ2n) is 4.46. The van der Waals surface area contributed by atoms with E-state index < -0.39 is 30.5 Å². The van der Waals surface area contributed by atoms with Gasteiger partial charge in [-0.2, -0.15) is 26.3 Å². The van der Waals surface area contributed by atoms with Crippen LogP contribution in [0.3, 0.4) is 0 Å². The summed E-state index contributed by atoms with van der Waals surface area (Å²) in [6.45, 7) is 1.32. The van der Waals surface area contributed by atoms with Crippen molar-refractivity contribution in [3.63, 3.8) is 0 Å². The number of rotatable bonds is 5. The van der Waals surface area contributed by atoms with Crippen molar-refractivity contribution in [2.24, 2.45) is 0 Å². The van der Waals surface area contributed by atoms with E-state index in [9.17, 15) is 30.7 Å². The van der Waals surface area contributed by atoms with E-state index in [0.717, 1.165) is 0 Å². The molecule has 0 saturated heterocycles. The zero-order valence-electron chi connectivity index (χ0n) is 10.9. The minimum absolute atomic E-state index is 0.0797. The first-order valence-corrected chi connectivity index (χ1v) is 6.05. The molecule has 0 aromatic heterocycles. The van der Waals surface area contributed by atoms with E-state index in [2.05, 4.69) is 0 Å². The summed E-state index contributed by atoms with van der Waals surface area (Å²) in [7, 11) is 0. The van der Waals surface area contributed by atoms with Crippen LogP contribution in [0.25, 0.3) is 0 Å². The Morgan fingerprint density at radius 2 is 1.38 bits per heavy atom. The number of halogens is 7. The number of ether oxygens (including phenoxy) is 1. The first kappa shape index (κ1) is 17.6. The SMILES string of the molecule is CCC(CC(F)(C(F)(F)F)C(F)(F)F)Oc1ccccc1. The fraction of sp³-hybridized carbons (Fsp3) is 0.538. The van der Waals surface area contributed by atoms with Crippen molar-refractivity contribution in [3.05, 3.63) is 30.3 Å². The summed E-state index contributed by atoms with van der Waals surface area (Å²) < 4.78 is 93.5. The molecule has 0 heterocycles. The number of hydrogen-bond acceptors (Lipinski definition) is 1. The maximum atomic E-state index is 13.6. The van der Waals surface area contributed by atoms with Gasteiger partial charge in [0, 0.05) is 6.42 Å². The highest BCUT2D eigenvalue weighted by Crippen LogP contribution is 2.49. The smallest absolute Gasteiger partial charge is 0.431 e. The predicted octanol–water partition coefficient (Wildman–Crippen LogP) is 5.07. The van der Waals surface area contributed by atoms with Gasteiger partial charge in [0.25, 0.3) is 0 Å². The van der Waals surface area contributed by atoms with E-state index in [1.807, 2.05) is 0 Å². The van der Waals surface area contributed by atoms with Gasteiger partial charge in [-0.1, -0.05) is 25.1 Å². The molecular formula is C13H13F7O. The van der Waals surface area contributed by atoms with Crippen molar-refractivity contribution in [1.82, 2.24) is 0 Å². The number of benzene rings is 1. The molecule has 1 nitrogen and oxygen atoms in total. The van der Waals surface area contributed by atoms with Gasteiger partial charge in [-0.3, -0.25) is 0 Å². The zero-order valence-corrected chi connectivity index (χ0v) is 10.9. The molecule has 1 aromatic carbocycles. The third-order valence-electron chi connectivity index (χ3n) is 2.91. The Morgan fingerprint density at radius 3 is 1.76 bits per heavy atom. The highest BCUT2D eigenvalue weighted by atomic mass is 19.4. The number of alkyl halides is 7. The van der Waals surface area contributed by atoms with Gasteiger partial charge < -0.3 is 4.74 Å². The molecule has 0 aliphatic heterocycles. The van der Waals surface area contributed by atoms with Crippen molar-refractivity contribution in [1.29, 1.82) is 0 Å². The monoisotopic (exact) mass is 318 g/mol. The third-order valence-corrected chi connectivity index (χ3v) is 2.91. The maximum absolute atomic E-state index is 13.6. The largest absolute Gasteiger partial charge is 0.490 e. The molecule has 21 heavy (non-hydrogen) atoms. The molecule has 1 atom stereocenters. The van der Waals surface area contributed by atoms with Crippen molar-refractivity contribution in [3.8, 4) is 5.75 Å². The van der Waals surface area contributed by atoms with Crippen molar-refractivity contribution in [2.45, 2.75) is 43.9 Å². The van der Waals surface area contributed by atoms with Gasteiger partial charge in [0.1, 0.15) is 11.9 Å². The first-order chi connectivity index (χ1) is 9.51. The zero-order chi connectivity index (χ0) is 16.3. The topological polar surface area (TPSA) is 9.23 Å². The quantitative estimate of drug-likeness (QED) is 0.689. The van der Waals surface area contributed by atoms with Crippen LogP contribution < -0.4 is 4.74 Å². The van der Waals surface area contributed by atoms with Gasteiger partial charge in [0.2, 0.25) is 0 Å². The van der Waals surface area contributed by atoms with Gasteiger partial charge in [0.15, 0.2) is 0 Å². The average molecular weight is 318 g/mol. The third kappa shape index (κ3) is 4.01. The molecule has 0 bridgehead atoms. The van der Waals surface area contributed by atoms with E-state index in [0.29, 0.717) is 0 Å². The fourth-order valence-corrected chi connectivity index (χ4v) is 1.67. The van der Waals surface area contributed by atoms with E-state index in [1.54, 1.807) is 6.07 Å². The molecule has 0 N–H and O–H groups in total. The van der Waals surface area contributed by atoms with Crippen molar-refractivity contribution < 1.29 is 35.5 Å². The molecule has 8 heteroatoms. The Balaban J connectivity index is 2.96. The second-order valence-corrected chi connectivity index (χ2v) is 4.46. The molecule has 0 radical (unpaired) electrons. The van der Waals surface area contributed by atoms with Crippen LogP contribution in [0, 0.1) is 0 Å². The predicted molar refractivity (Wildman–Crippen MR) is 61.7 cm³/mol. The molecule has 0 fully saturated rings. The molecular weight excluding hydrogens is 305 g/mol. The Bertz CT molecular complexity index is 424. The molecule has 0 saturated carbocycles. The Hall–Kier alpha value is -1.47. The maximum Gasteiger partial charge on any atom is 0.431 e. The summed E-state index contributed by atoms with van der Waals surface area (Å²) in [5.41, 5.74) is -5.30. The Labute approximate surface area is 116 Å². The summed E-state index contributed by atoms with van der Waals surface area (Å²) in [4.78, 5) is 0. The molecule has 0 aliphatic carbocycles. The van der Waals surface area contributed by atoms with Crippen LogP contribution in [0.2, 0.25) is 0 Å². The van der Waals surface area contributed by atoms with Crippen LogP contribution in [0.5, 0.6) is 5.75 Å². The highest BCUT2D eigenvalue weighted by molar-refractivity contribution is 5.21. The van der Waals surface area contributed by atoms with Gasteiger partial charge in [0.05, 0.1) is 0 Å². The van der Waals surface area contributed by atoms with Crippen molar-refractivity contribution >= 4 is 0 Å². The molecule has 1 aromatic rings. The van der Waals surface area contributed by atoms with E-state index >= 15 is 0 Å². The minimum Gasteiger partial charge on any atom is -0.490 e. The lowest BCUT2D eigenvalue weighted by molar-refractivity contribution is -0.346. The lowest BCUT2D eigenvalue weighted by Crippen LogP contribution is -2.55. The first-order valence-electron chi connectivity index (χ1n) is 6.05. The lowest BCUT2D eigenvalue weighted by atomic mass is 9.95. The summed E-state index contributed by atoms with van der Waals surface area (Å²) in [6.07, 6.45) is -15.7. The van der Waals surface area contributed by atoms with Crippen LogP contribution >= 0.6 is 0 Å². The fourth-order valence-electron chi connectivity index (χ4n) is 1.67. The average Bonchev–Trinajstić information content (AvgIpc) is 2.36. The van der Waals surface area contributed by atoms with Gasteiger partial charge in [-0.05, 0) is 18.6 Å². The number of hydrogen-bond donors (Lipinski definition) is 0. The highest BCUT2D eigenvalue weighted by Gasteiger charge is 2.72. The van der Waals surface area contributed by atoms with Crippen LogP contribution in [-0.2, 0) is 0 Å². The van der Waals surface area contributed by atoms with E-state index in [-0.39, 0.29) is 12.2 Å². The lowest BCUT2D eigenvalue weighted by Gasteiger charge is -2.32. The molecule has 1 unspecified atom stereocenters. The van der Waals surface area contributed by atoms with Crippen LogP contribution in [0.15, 0.2) is 30.3 Å². The normalized spacial score (nSPS) is 14.9. The molecule has 0 aliphatic rings. The molecule has 120 valence electrons. The van der Waals surface area contributed by atoms with Crippen LogP contribution in [0.4, 0.5) is 30.7 Å². The van der Waals surface area contributed by atoms with Crippen molar-refractivity contribution in [2.75, 3.05) is 0 Å². The van der Waals surface area contributed by atoms with Gasteiger partial charge in [-0.15, -0.1) is 0 Å². The Kier molecular flexibility index (Phi) is 5.11. The second kappa shape index (κ2) is 6.11. The summed E-state index contributed by atoms with van der Waals surface area (Å²) in [5, 5.41) is 0. The minimum atomic E-state index is -6.06. The standard InChI is InChI=1S/C13H13F7O/c1-2-9(21-10-6-4-3-5-7-10)8-11(14,12(15,16)17)13(18,19)20/h3-7,9H,2,8H2,1H3. The molecule has 1 rings (SSSR count). The summed E-state index contributed by atoms with van der Waals surface area (Å²) >= 11 is 0. The van der Waals surface area contributed by atoms with Crippen LogP contribution in [0.1, 0.15) is 19.8 Å². The van der Waals surface area contributed by atoms with Gasteiger partial charge in [-0.25, -0.2) is 4.39 Å². The molecule has 0 spiro atoms. The molecule has 0 amide bonds. The van der Waals surface area contributed by atoms with E-state index in [1.165, 1.54) is 31.2 Å².